The van der Waals surface area contributed by atoms with Gasteiger partial charge in [0.05, 0.1) is 6.04 Å². The summed E-state index contributed by atoms with van der Waals surface area (Å²) in [5, 5.41) is 7.03. The molecule has 0 saturated carbocycles. The van der Waals surface area contributed by atoms with Gasteiger partial charge in [0, 0.05) is 17.1 Å². The molecule has 0 fully saturated rings. The van der Waals surface area contributed by atoms with Gasteiger partial charge in [-0.3, -0.25) is 10.1 Å². The topological polar surface area (TPSA) is 41.1 Å². The molecule has 0 saturated heterocycles. The number of benzene rings is 1. The van der Waals surface area contributed by atoms with Crippen molar-refractivity contribution in [2.45, 2.75) is 58.7 Å². The SMILES string of the molecule is CCCC(C)NC(=O)C(C)NC(C)c1ccccc1Cl. The zero-order valence-electron chi connectivity index (χ0n) is 12.7. The van der Waals surface area contributed by atoms with Crippen molar-refractivity contribution in [3.63, 3.8) is 0 Å². The highest BCUT2D eigenvalue weighted by Gasteiger charge is 2.18. The molecular formula is C16H25ClN2O. The molecule has 1 rings (SSSR count). The van der Waals surface area contributed by atoms with Crippen molar-refractivity contribution in [2.24, 2.45) is 0 Å². The van der Waals surface area contributed by atoms with Crippen molar-refractivity contribution in [3.05, 3.63) is 34.9 Å². The molecular weight excluding hydrogens is 272 g/mol. The van der Waals surface area contributed by atoms with E-state index in [1.807, 2.05) is 45.0 Å². The van der Waals surface area contributed by atoms with Gasteiger partial charge in [-0.2, -0.15) is 0 Å². The summed E-state index contributed by atoms with van der Waals surface area (Å²) >= 11 is 6.17. The number of carbonyl (C=O) groups excluding carboxylic acids is 1. The van der Waals surface area contributed by atoms with Crippen molar-refractivity contribution in [1.29, 1.82) is 0 Å². The van der Waals surface area contributed by atoms with Crippen LogP contribution in [-0.4, -0.2) is 18.0 Å². The minimum atomic E-state index is -0.249. The Balaban J connectivity index is 2.55. The fourth-order valence-corrected chi connectivity index (χ4v) is 2.54. The molecule has 0 radical (unpaired) electrons. The third-order valence-electron chi connectivity index (χ3n) is 3.38. The molecule has 0 aliphatic carbocycles. The van der Waals surface area contributed by atoms with Crippen molar-refractivity contribution in [2.75, 3.05) is 0 Å². The summed E-state index contributed by atoms with van der Waals surface area (Å²) in [5.74, 6) is 0.0323. The molecule has 1 aromatic carbocycles. The van der Waals surface area contributed by atoms with Gasteiger partial charge in [0.15, 0.2) is 0 Å². The monoisotopic (exact) mass is 296 g/mol. The predicted molar refractivity (Wildman–Crippen MR) is 85.0 cm³/mol. The van der Waals surface area contributed by atoms with Gasteiger partial charge in [0.2, 0.25) is 5.91 Å². The number of halogens is 1. The van der Waals surface area contributed by atoms with Crippen LogP contribution < -0.4 is 10.6 Å². The van der Waals surface area contributed by atoms with Crippen LogP contribution in [0.3, 0.4) is 0 Å². The molecule has 0 aliphatic heterocycles. The Morgan fingerprint density at radius 3 is 2.50 bits per heavy atom. The van der Waals surface area contributed by atoms with E-state index in [9.17, 15) is 4.79 Å². The molecule has 0 bridgehead atoms. The number of amides is 1. The Labute approximate surface area is 127 Å². The molecule has 112 valence electrons. The summed E-state index contributed by atoms with van der Waals surface area (Å²) < 4.78 is 0. The van der Waals surface area contributed by atoms with Gasteiger partial charge in [-0.05, 0) is 38.8 Å². The minimum Gasteiger partial charge on any atom is -0.352 e. The van der Waals surface area contributed by atoms with E-state index in [-0.39, 0.29) is 24.0 Å². The van der Waals surface area contributed by atoms with E-state index in [1.165, 1.54) is 0 Å². The van der Waals surface area contributed by atoms with Gasteiger partial charge in [0.25, 0.3) is 0 Å². The Hall–Kier alpha value is -1.06. The van der Waals surface area contributed by atoms with Gasteiger partial charge in [-0.1, -0.05) is 43.1 Å². The van der Waals surface area contributed by atoms with Gasteiger partial charge in [-0.15, -0.1) is 0 Å². The zero-order valence-corrected chi connectivity index (χ0v) is 13.5. The van der Waals surface area contributed by atoms with Crippen LogP contribution in [0.2, 0.25) is 5.02 Å². The fraction of sp³-hybridized carbons (Fsp3) is 0.562. The molecule has 4 heteroatoms. The molecule has 0 aliphatic rings. The summed E-state index contributed by atoms with van der Waals surface area (Å²) in [5.41, 5.74) is 1.01. The molecule has 3 nitrogen and oxygen atoms in total. The van der Waals surface area contributed by atoms with Gasteiger partial charge >= 0.3 is 0 Å². The number of rotatable bonds is 7. The van der Waals surface area contributed by atoms with E-state index in [2.05, 4.69) is 17.6 Å². The molecule has 3 atom stereocenters. The zero-order chi connectivity index (χ0) is 15.1. The smallest absolute Gasteiger partial charge is 0.237 e. The van der Waals surface area contributed by atoms with Gasteiger partial charge in [0.1, 0.15) is 0 Å². The highest BCUT2D eigenvalue weighted by atomic mass is 35.5. The summed E-state index contributed by atoms with van der Waals surface area (Å²) in [7, 11) is 0. The molecule has 0 spiro atoms. The van der Waals surface area contributed by atoms with E-state index < -0.39 is 0 Å². The maximum atomic E-state index is 12.1. The van der Waals surface area contributed by atoms with Crippen LogP contribution in [0, 0.1) is 0 Å². The number of carbonyl (C=O) groups is 1. The summed E-state index contributed by atoms with van der Waals surface area (Å²) in [4.78, 5) is 12.1. The van der Waals surface area contributed by atoms with E-state index in [1.54, 1.807) is 0 Å². The fourth-order valence-electron chi connectivity index (χ4n) is 2.24. The first kappa shape index (κ1) is 17.0. The van der Waals surface area contributed by atoms with Crippen molar-refractivity contribution < 1.29 is 4.79 Å². The average Bonchev–Trinajstić information content (AvgIpc) is 2.39. The van der Waals surface area contributed by atoms with Crippen LogP contribution in [0.4, 0.5) is 0 Å². The van der Waals surface area contributed by atoms with Gasteiger partial charge < -0.3 is 5.32 Å². The maximum absolute atomic E-state index is 12.1. The number of hydrogen-bond donors (Lipinski definition) is 2. The van der Waals surface area contributed by atoms with Crippen LogP contribution in [-0.2, 0) is 4.79 Å². The normalized spacial score (nSPS) is 15.4. The lowest BCUT2D eigenvalue weighted by Crippen LogP contribution is -2.46. The molecule has 3 unspecified atom stereocenters. The van der Waals surface area contributed by atoms with E-state index >= 15 is 0 Å². The third kappa shape index (κ3) is 5.14. The highest BCUT2D eigenvalue weighted by Crippen LogP contribution is 2.22. The quantitative estimate of drug-likeness (QED) is 0.806. The van der Waals surface area contributed by atoms with Crippen molar-refractivity contribution >= 4 is 17.5 Å². The lowest BCUT2D eigenvalue weighted by atomic mass is 10.1. The lowest BCUT2D eigenvalue weighted by molar-refractivity contribution is -0.123. The number of nitrogens with one attached hydrogen (secondary N) is 2. The highest BCUT2D eigenvalue weighted by molar-refractivity contribution is 6.31. The molecule has 2 N–H and O–H groups in total. The minimum absolute atomic E-state index is 0.0323. The average molecular weight is 297 g/mol. The third-order valence-corrected chi connectivity index (χ3v) is 3.72. The van der Waals surface area contributed by atoms with Crippen molar-refractivity contribution in [1.82, 2.24) is 10.6 Å². The Morgan fingerprint density at radius 2 is 1.90 bits per heavy atom. The number of hydrogen-bond acceptors (Lipinski definition) is 2. The first-order valence-electron chi connectivity index (χ1n) is 7.26. The molecule has 20 heavy (non-hydrogen) atoms. The first-order valence-corrected chi connectivity index (χ1v) is 7.64. The van der Waals surface area contributed by atoms with E-state index in [0.29, 0.717) is 0 Å². The second-order valence-electron chi connectivity index (χ2n) is 5.33. The largest absolute Gasteiger partial charge is 0.352 e. The second kappa shape index (κ2) is 8.28. The summed E-state index contributed by atoms with van der Waals surface area (Å²) in [6.45, 7) is 8.04. The molecule has 1 amide bonds. The molecule has 0 aromatic heterocycles. The Morgan fingerprint density at radius 1 is 1.25 bits per heavy atom. The maximum Gasteiger partial charge on any atom is 0.237 e. The van der Waals surface area contributed by atoms with Crippen LogP contribution in [0.15, 0.2) is 24.3 Å². The molecule has 0 heterocycles. The lowest BCUT2D eigenvalue weighted by Gasteiger charge is -2.22. The second-order valence-corrected chi connectivity index (χ2v) is 5.74. The van der Waals surface area contributed by atoms with Crippen LogP contribution in [0.25, 0.3) is 0 Å². The Bertz CT molecular complexity index is 436. The van der Waals surface area contributed by atoms with E-state index in [4.69, 9.17) is 11.6 Å². The van der Waals surface area contributed by atoms with Crippen LogP contribution >= 0.6 is 11.6 Å². The predicted octanol–water partition coefficient (Wildman–Crippen LogP) is 3.68. The van der Waals surface area contributed by atoms with Crippen LogP contribution in [0.5, 0.6) is 0 Å². The van der Waals surface area contributed by atoms with Crippen molar-refractivity contribution in [3.8, 4) is 0 Å². The standard InChI is InChI=1S/C16H25ClN2O/c1-5-8-11(2)18-16(20)13(4)19-12(3)14-9-6-7-10-15(14)17/h6-7,9-13,19H,5,8H2,1-4H3,(H,18,20). The molecule has 1 aromatic rings. The van der Waals surface area contributed by atoms with E-state index in [0.717, 1.165) is 23.4 Å². The van der Waals surface area contributed by atoms with Gasteiger partial charge in [-0.25, -0.2) is 0 Å². The summed E-state index contributed by atoms with van der Waals surface area (Å²) in [6.07, 6.45) is 2.07. The Kier molecular flexibility index (Phi) is 7.03. The van der Waals surface area contributed by atoms with Crippen LogP contribution in [0.1, 0.15) is 52.1 Å². The summed E-state index contributed by atoms with van der Waals surface area (Å²) in [6, 6.07) is 7.70. The first-order chi connectivity index (χ1) is 9.45.